The first-order valence-corrected chi connectivity index (χ1v) is 6.60. The molecule has 0 radical (unpaired) electrons. The number of ether oxygens (including phenoxy) is 2. The minimum atomic E-state index is 0.391. The van der Waals surface area contributed by atoms with Crippen molar-refractivity contribution in [2.24, 2.45) is 5.41 Å². The highest BCUT2D eigenvalue weighted by atomic mass is 16.5. The van der Waals surface area contributed by atoms with E-state index in [1.807, 2.05) is 0 Å². The maximum Gasteiger partial charge on any atom is 0.0587 e. The zero-order chi connectivity index (χ0) is 11.7. The van der Waals surface area contributed by atoms with Crippen LogP contribution in [0.1, 0.15) is 39.0 Å². The first kappa shape index (κ1) is 13.9. The zero-order valence-electron chi connectivity index (χ0n) is 10.9. The highest BCUT2D eigenvalue weighted by Gasteiger charge is 2.31. The standard InChI is InChI=1S/C13H27NO2/c1-3-16-12-13(7-5-4-6-8-13)11-14-9-10-15-2/h14H,3-12H2,1-2H3. The van der Waals surface area contributed by atoms with Gasteiger partial charge in [-0.3, -0.25) is 0 Å². The summed E-state index contributed by atoms with van der Waals surface area (Å²) in [5.41, 5.74) is 0.391. The van der Waals surface area contributed by atoms with E-state index in [9.17, 15) is 0 Å². The summed E-state index contributed by atoms with van der Waals surface area (Å²) in [5.74, 6) is 0. The molecule has 0 spiro atoms. The van der Waals surface area contributed by atoms with E-state index in [0.717, 1.165) is 32.9 Å². The molecule has 0 aromatic heterocycles. The Morgan fingerprint density at radius 3 is 2.56 bits per heavy atom. The topological polar surface area (TPSA) is 30.5 Å². The lowest BCUT2D eigenvalue weighted by Gasteiger charge is -2.37. The van der Waals surface area contributed by atoms with Gasteiger partial charge in [0.05, 0.1) is 13.2 Å². The van der Waals surface area contributed by atoms with E-state index >= 15 is 0 Å². The van der Waals surface area contributed by atoms with Crippen molar-refractivity contribution in [3.8, 4) is 0 Å². The molecule has 1 saturated carbocycles. The molecule has 1 fully saturated rings. The molecule has 1 aliphatic rings. The van der Waals surface area contributed by atoms with E-state index < -0.39 is 0 Å². The van der Waals surface area contributed by atoms with Crippen LogP contribution in [0, 0.1) is 5.41 Å². The van der Waals surface area contributed by atoms with Crippen LogP contribution in [0.3, 0.4) is 0 Å². The number of nitrogens with one attached hydrogen (secondary N) is 1. The van der Waals surface area contributed by atoms with Gasteiger partial charge in [0.2, 0.25) is 0 Å². The van der Waals surface area contributed by atoms with Crippen molar-refractivity contribution in [2.45, 2.75) is 39.0 Å². The van der Waals surface area contributed by atoms with Gasteiger partial charge in [-0.05, 0) is 19.8 Å². The third kappa shape index (κ3) is 4.81. The monoisotopic (exact) mass is 229 g/mol. The minimum absolute atomic E-state index is 0.391. The molecule has 0 atom stereocenters. The van der Waals surface area contributed by atoms with Crippen LogP contribution in [0.25, 0.3) is 0 Å². The summed E-state index contributed by atoms with van der Waals surface area (Å²) in [6.45, 7) is 6.66. The van der Waals surface area contributed by atoms with Crippen LogP contribution in [0.5, 0.6) is 0 Å². The minimum Gasteiger partial charge on any atom is -0.383 e. The predicted molar refractivity (Wildman–Crippen MR) is 66.8 cm³/mol. The third-order valence-electron chi connectivity index (χ3n) is 3.51. The second kappa shape index (κ2) is 8.04. The lowest BCUT2D eigenvalue weighted by atomic mass is 9.74. The fourth-order valence-electron chi connectivity index (χ4n) is 2.52. The first-order chi connectivity index (χ1) is 7.83. The molecule has 1 N–H and O–H groups in total. The Hall–Kier alpha value is -0.120. The number of hydrogen-bond acceptors (Lipinski definition) is 3. The number of hydrogen-bond donors (Lipinski definition) is 1. The largest absolute Gasteiger partial charge is 0.383 e. The summed E-state index contributed by atoms with van der Waals surface area (Å²) < 4.78 is 10.7. The number of methoxy groups -OCH3 is 1. The van der Waals surface area contributed by atoms with E-state index in [1.54, 1.807) is 7.11 Å². The van der Waals surface area contributed by atoms with Crippen LogP contribution < -0.4 is 5.32 Å². The van der Waals surface area contributed by atoms with E-state index in [-0.39, 0.29) is 0 Å². The second-order valence-electron chi connectivity index (χ2n) is 4.87. The van der Waals surface area contributed by atoms with E-state index in [0.29, 0.717) is 5.41 Å². The van der Waals surface area contributed by atoms with Gasteiger partial charge in [-0.1, -0.05) is 19.3 Å². The SMILES string of the molecule is CCOCC1(CNCCOC)CCCCC1. The summed E-state index contributed by atoms with van der Waals surface area (Å²) in [6.07, 6.45) is 6.74. The number of rotatable bonds is 8. The molecule has 0 aromatic carbocycles. The van der Waals surface area contributed by atoms with Crippen molar-refractivity contribution in [3.63, 3.8) is 0 Å². The Balaban J connectivity index is 2.30. The molecular formula is C13H27NO2. The molecule has 96 valence electrons. The lowest BCUT2D eigenvalue weighted by Crippen LogP contribution is -2.40. The van der Waals surface area contributed by atoms with Crippen LogP contribution in [-0.2, 0) is 9.47 Å². The van der Waals surface area contributed by atoms with Crippen LogP contribution in [0.2, 0.25) is 0 Å². The van der Waals surface area contributed by atoms with Crippen molar-refractivity contribution in [1.29, 1.82) is 0 Å². The second-order valence-corrected chi connectivity index (χ2v) is 4.87. The third-order valence-corrected chi connectivity index (χ3v) is 3.51. The molecule has 0 aromatic rings. The van der Waals surface area contributed by atoms with Crippen LogP contribution >= 0.6 is 0 Å². The average molecular weight is 229 g/mol. The van der Waals surface area contributed by atoms with Gasteiger partial charge in [0.15, 0.2) is 0 Å². The van der Waals surface area contributed by atoms with Crippen LogP contribution in [0.15, 0.2) is 0 Å². The molecule has 0 heterocycles. The van der Waals surface area contributed by atoms with E-state index in [2.05, 4.69) is 12.2 Å². The maximum absolute atomic E-state index is 5.66. The van der Waals surface area contributed by atoms with Gasteiger partial charge >= 0.3 is 0 Å². The maximum atomic E-state index is 5.66. The van der Waals surface area contributed by atoms with Gasteiger partial charge in [-0.2, -0.15) is 0 Å². The molecule has 0 bridgehead atoms. The fourth-order valence-corrected chi connectivity index (χ4v) is 2.52. The predicted octanol–water partition coefficient (Wildman–Crippen LogP) is 2.21. The van der Waals surface area contributed by atoms with Gasteiger partial charge in [-0.25, -0.2) is 0 Å². The molecule has 16 heavy (non-hydrogen) atoms. The Bertz CT molecular complexity index is 167. The average Bonchev–Trinajstić information content (AvgIpc) is 2.34. The zero-order valence-corrected chi connectivity index (χ0v) is 10.9. The molecule has 0 saturated heterocycles. The highest BCUT2D eigenvalue weighted by Crippen LogP contribution is 2.35. The van der Waals surface area contributed by atoms with Crippen LogP contribution in [-0.4, -0.2) is 40.0 Å². The molecule has 1 rings (SSSR count). The Kier molecular flexibility index (Phi) is 7.01. The molecule has 1 aliphatic carbocycles. The Morgan fingerprint density at radius 2 is 1.94 bits per heavy atom. The summed E-state index contributed by atoms with van der Waals surface area (Å²) >= 11 is 0. The highest BCUT2D eigenvalue weighted by molar-refractivity contribution is 4.84. The summed E-state index contributed by atoms with van der Waals surface area (Å²) in [4.78, 5) is 0. The molecule has 3 nitrogen and oxygen atoms in total. The molecule has 0 unspecified atom stereocenters. The molecule has 0 amide bonds. The molecule has 3 heteroatoms. The van der Waals surface area contributed by atoms with Gasteiger partial charge in [0.25, 0.3) is 0 Å². The van der Waals surface area contributed by atoms with Gasteiger partial charge in [0.1, 0.15) is 0 Å². The van der Waals surface area contributed by atoms with Gasteiger partial charge in [0, 0.05) is 32.2 Å². The van der Waals surface area contributed by atoms with E-state index in [1.165, 1.54) is 32.1 Å². The lowest BCUT2D eigenvalue weighted by molar-refractivity contribution is 0.0249. The molecule has 0 aliphatic heterocycles. The van der Waals surface area contributed by atoms with Gasteiger partial charge in [-0.15, -0.1) is 0 Å². The summed E-state index contributed by atoms with van der Waals surface area (Å²) in [6, 6.07) is 0. The van der Waals surface area contributed by atoms with Crippen molar-refractivity contribution >= 4 is 0 Å². The Morgan fingerprint density at radius 1 is 1.19 bits per heavy atom. The quantitative estimate of drug-likeness (QED) is 0.647. The first-order valence-electron chi connectivity index (χ1n) is 6.60. The van der Waals surface area contributed by atoms with Crippen molar-refractivity contribution < 1.29 is 9.47 Å². The van der Waals surface area contributed by atoms with Crippen molar-refractivity contribution in [3.05, 3.63) is 0 Å². The van der Waals surface area contributed by atoms with Crippen LogP contribution in [0.4, 0.5) is 0 Å². The van der Waals surface area contributed by atoms with E-state index in [4.69, 9.17) is 9.47 Å². The van der Waals surface area contributed by atoms with Crippen molar-refractivity contribution in [1.82, 2.24) is 5.32 Å². The summed E-state index contributed by atoms with van der Waals surface area (Å²) in [7, 11) is 1.75. The van der Waals surface area contributed by atoms with Gasteiger partial charge < -0.3 is 14.8 Å². The molecular weight excluding hydrogens is 202 g/mol. The summed E-state index contributed by atoms with van der Waals surface area (Å²) in [5, 5.41) is 3.50. The smallest absolute Gasteiger partial charge is 0.0587 e. The van der Waals surface area contributed by atoms with Crippen molar-refractivity contribution in [2.75, 3.05) is 40.0 Å². The Labute approximate surface area is 99.9 Å². The normalized spacial score (nSPS) is 19.9. The fraction of sp³-hybridized carbons (Fsp3) is 1.00.